The Labute approximate surface area is 79.6 Å². The SMILES string of the molecule is CNC(=O)COCCCCCOC. The first kappa shape index (κ1) is 12.4. The van der Waals surface area contributed by atoms with Gasteiger partial charge in [-0.25, -0.2) is 0 Å². The maximum atomic E-state index is 10.7. The van der Waals surface area contributed by atoms with Crippen LogP contribution in [0.2, 0.25) is 0 Å². The molecule has 13 heavy (non-hydrogen) atoms. The minimum atomic E-state index is -0.0723. The van der Waals surface area contributed by atoms with Crippen LogP contribution in [0, 0.1) is 0 Å². The van der Waals surface area contributed by atoms with Crippen molar-refractivity contribution in [3.8, 4) is 0 Å². The average molecular weight is 189 g/mol. The molecular weight excluding hydrogens is 170 g/mol. The summed E-state index contributed by atoms with van der Waals surface area (Å²) < 4.78 is 10.0. The lowest BCUT2D eigenvalue weighted by Crippen LogP contribution is -2.23. The molecule has 0 aliphatic carbocycles. The van der Waals surface area contributed by atoms with Crippen molar-refractivity contribution in [2.45, 2.75) is 19.3 Å². The van der Waals surface area contributed by atoms with Gasteiger partial charge >= 0.3 is 0 Å². The summed E-state index contributed by atoms with van der Waals surface area (Å²) in [5, 5.41) is 2.49. The number of carbonyl (C=O) groups is 1. The largest absolute Gasteiger partial charge is 0.385 e. The highest BCUT2D eigenvalue weighted by Gasteiger charge is 1.96. The van der Waals surface area contributed by atoms with Gasteiger partial charge < -0.3 is 14.8 Å². The molecule has 0 aromatic heterocycles. The zero-order valence-corrected chi connectivity index (χ0v) is 8.47. The number of hydrogen-bond acceptors (Lipinski definition) is 3. The molecule has 0 radical (unpaired) electrons. The van der Waals surface area contributed by atoms with Crippen molar-refractivity contribution < 1.29 is 14.3 Å². The molecule has 0 fully saturated rings. The first-order valence-corrected chi connectivity index (χ1v) is 4.58. The van der Waals surface area contributed by atoms with Crippen molar-refractivity contribution in [1.29, 1.82) is 0 Å². The van der Waals surface area contributed by atoms with E-state index in [1.54, 1.807) is 14.2 Å². The van der Waals surface area contributed by atoms with Crippen LogP contribution in [0.1, 0.15) is 19.3 Å². The van der Waals surface area contributed by atoms with Crippen molar-refractivity contribution in [2.24, 2.45) is 0 Å². The molecule has 0 heterocycles. The lowest BCUT2D eigenvalue weighted by Gasteiger charge is -2.02. The lowest BCUT2D eigenvalue weighted by molar-refractivity contribution is -0.125. The Bertz CT molecular complexity index is 128. The van der Waals surface area contributed by atoms with Crippen LogP contribution in [0.5, 0.6) is 0 Å². The maximum absolute atomic E-state index is 10.7. The molecule has 1 amide bonds. The van der Waals surface area contributed by atoms with Gasteiger partial charge in [-0.3, -0.25) is 4.79 Å². The number of rotatable bonds is 8. The van der Waals surface area contributed by atoms with Crippen LogP contribution in [-0.2, 0) is 14.3 Å². The Hall–Kier alpha value is -0.610. The van der Waals surface area contributed by atoms with Crippen molar-refractivity contribution in [3.05, 3.63) is 0 Å². The average Bonchev–Trinajstić information content (AvgIpc) is 2.16. The molecule has 0 rings (SSSR count). The molecular formula is C9H19NO3. The second-order valence-corrected chi connectivity index (χ2v) is 2.78. The monoisotopic (exact) mass is 189 g/mol. The second kappa shape index (κ2) is 9.48. The van der Waals surface area contributed by atoms with Crippen molar-refractivity contribution >= 4 is 5.91 Å². The highest BCUT2D eigenvalue weighted by Crippen LogP contribution is 1.95. The molecule has 78 valence electrons. The first-order valence-electron chi connectivity index (χ1n) is 4.58. The third kappa shape index (κ3) is 9.30. The minimum Gasteiger partial charge on any atom is -0.385 e. The van der Waals surface area contributed by atoms with Gasteiger partial charge in [-0.2, -0.15) is 0 Å². The van der Waals surface area contributed by atoms with E-state index in [4.69, 9.17) is 9.47 Å². The fourth-order valence-electron chi connectivity index (χ4n) is 0.864. The molecule has 0 aliphatic heterocycles. The number of likely N-dealkylation sites (N-methyl/N-ethyl adjacent to an activating group) is 1. The van der Waals surface area contributed by atoms with Gasteiger partial charge in [0.2, 0.25) is 5.91 Å². The summed E-state index contributed by atoms with van der Waals surface area (Å²) in [7, 11) is 3.30. The summed E-state index contributed by atoms with van der Waals surface area (Å²) in [6.07, 6.45) is 3.13. The summed E-state index contributed by atoms with van der Waals surface area (Å²) >= 11 is 0. The van der Waals surface area contributed by atoms with E-state index in [0.29, 0.717) is 6.61 Å². The number of carbonyl (C=O) groups excluding carboxylic acids is 1. The van der Waals surface area contributed by atoms with Crippen molar-refractivity contribution in [3.63, 3.8) is 0 Å². The van der Waals surface area contributed by atoms with Gasteiger partial charge in [-0.1, -0.05) is 0 Å². The summed E-state index contributed by atoms with van der Waals surface area (Å²) in [6, 6.07) is 0. The maximum Gasteiger partial charge on any atom is 0.245 e. The third-order valence-corrected chi connectivity index (χ3v) is 1.65. The summed E-state index contributed by atoms with van der Waals surface area (Å²) in [6.45, 7) is 1.62. The van der Waals surface area contributed by atoms with Crippen LogP contribution in [0.4, 0.5) is 0 Å². The van der Waals surface area contributed by atoms with Crippen LogP contribution >= 0.6 is 0 Å². The van der Waals surface area contributed by atoms with Gasteiger partial charge in [0, 0.05) is 27.4 Å². The molecule has 0 saturated carbocycles. The zero-order chi connectivity index (χ0) is 9.94. The molecule has 1 N–H and O–H groups in total. The van der Waals surface area contributed by atoms with Crippen molar-refractivity contribution in [1.82, 2.24) is 5.32 Å². The fourth-order valence-corrected chi connectivity index (χ4v) is 0.864. The van der Waals surface area contributed by atoms with E-state index < -0.39 is 0 Å². The second-order valence-electron chi connectivity index (χ2n) is 2.78. The Morgan fingerprint density at radius 3 is 2.54 bits per heavy atom. The van der Waals surface area contributed by atoms with Crippen LogP contribution < -0.4 is 5.32 Å². The van der Waals surface area contributed by atoms with Gasteiger partial charge in [0.15, 0.2) is 0 Å². The Kier molecular flexibility index (Phi) is 9.03. The normalized spacial score (nSPS) is 10.0. The predicted octanol–water partition coefficient (Wildman–Crippen LogP) is 0.566. The Morgan fingerprint density at radius 2 is 1.92 bits per heavy atom. The zero-order valence-electron chi connectivity index (χ0n) is 8.47. The highest BCUT2D eigenvalue weighted by atomic mass is 16.5. The van der Waals surface area contributed by atoms with E-state index in [1.165, 1.54) is 0 Å². The predicted molar refractivity (Wildman–Crippen MR) is 50.6 cm³/mol. The molecule has 0 spiro atoms. The molecule has 4 heteroatoms. The van der Waals surface area contributed by atoms with E-state index in [2.05, 4.69) is 5.32 Å². The van der Waals surface area contributed by atoms with E-state index in [9.17, 15) is 4.79 Å². The van der Waals surface area contributed by atoms with Gasteiger partial charge in [-0.05, 0) is 19.3 Å². The summed E-state index contributed by atoms with van der Waals surface area (Å²) in [5.74, 6) is -0.0723. The van der Waals surface area contributed by atoms with Crippen LogP contribution in [0.3, 0.4) is 0 Å². The van der Waals surface area contributed by atoms with Crippen LogP contribution in [-0.4, -0.2) is 39.9 Å². The number of unbranched alkanes of at least 4 members (excludes halogenated alkanes) is 2. The van der Waals surface area contributed by atoms with Crippen LogP contribution in [0.15, 0.2) is 0 Å². The summed E-state index contributed by atoms with van der Waals surface area (Å²) in [4.78, 5) is 10.7. The molecule has 0 aromatic rings. The van der Waals surface area contributed by atoms with Gasteiger partial charge in [-0.15, -0.1) is 0 Å². The molecule has 0 saturated heterocycles. The number of hydrogen-bond donors (Lipinski definition) is 1. The minimum absolute atomic E-state index is 0.0723. The molecule has 0 aromatic carbocycles. The highest BCUT2D eigenvalue weighted by molar-refractivity contribution is 5.76. The van der Waals surface area contributed by atoms with Gasteiger partial charge in [0.05, 0.1) is 0 Å². The number of nitrogens with one attached hydrogen (secondary N) is 1. The van der Waals surface area contributed by atoms with Gasteiger partial charge in [0.25, 0.3) is 0 Å². The fraction of sp³-hybridized carbons (Fsp3) is 0.889. The Balaban J connectivity index is 2.95. The molecule has 0 unspecified atom stereocenters. The van der Waals surface area contributed by atoms with Crippen molar-refractivity contribution in [2.75, 3.05) is 34.0 Å². The van der Waals surface area contributed by atoms with E-state index >= 15 is 0 Å². The number of methoxy groups -OCH3 is 1. The lowest BCUT2D eigenvalue weighted by atomic mass is 10.2. The molecule has 4 nitrogen and oxygen atoms in total. The quantitative estimate of drug-likeness (QED) is 0.568. The molecule has 0 aliphatic rings. The van der Waals surface area contributed by atoms with E-state index in [1.807, 2.05) is 0 Å². The Morgan fingerprint density at radius 1 is 1.23 bits per heavy atom. The van der Waals surface area contributed by atoms with E-state index in [0.717, 1.165) is 25.9 Å². The smallest absolute Gasteiger partial charge is 0.245 e. The third-order valence-electron chi connectivity index (χ3n) is 1.65. The number of ether oxygens (including phenoxy) is 2. The van der Waals surface area contributed by atoms with Gasteiger partial charge in [0.1, 0.15) is 6.61 Å². The summed E-state index contributed by atoms with van der Waals surface area (Å²) in [5.41, 5.74) is 0. The molecule has 0 atom stereocenters. The number of amides is 1. The van der Waals surface area contributed by atoms with Crippen LogP contribution in [0.25, 0.3) is 0 Å². The van der Waals surface area contributed by atoms with E-state index in [-0.39, 0.29) is 12.5 Å². The molecule has 0 bridgehead atoms. The standard InChI is InChI=1S/C9H19NO3/c1-10-9(11)8-13-7-5-3-4-6-12-2/h3-8H2,1-2H3,(H,10,11). The topological polar surface area (TPSA) is 47.6 Å². The first-order chi connectivity index (χ1) is 6.31.